The predicted molar refractivity (Wildman–Crippen MR) is 309 cm³/mol. The Morgan fingerprint density at radius 2 is 0.656 bits per heavy atom. The van der Waals surface area contributed by atoms with Crippen LogP contribution in [0, 0.1) is 0 Å². The Labute approximate surface area is 380 Å². The van der Waals surface area contributed by atoms with E-state index in [2.05, 4.69) is 198 Å². The number of rotatable bonds is 3. The first-order valence-corrected chi connectivity index (χ1v) is 22.8. The van der Waals surface area contributed by atoms with Gasteiger partial charge in [0.1, 0.15) is 81.8 Å². The fourth-order valence-corrected chi connectivity index (χ4v) is 12.3. The van der Waals surface area contributed by atoms with E-state index in [9.17, 15) is 0 Å². The standard InChI is InChI=1S/C54H39B9O/c55-44-39(45(56)51(62)54-43(44)41-40-42(48(59)52(63)53(41)64-54)47(58)50(61)49(60)46(40)57)30-20-28(31-15-11-26-9-7-22-3-1-5-24-13-17-33(31)37(26)35(22)24)19-29(21-30)32-16-12-27-10-8-23-4-2-6-25-14-18-34(32)38(27)36(23)25/h1-21H,55-63H2. The summed E-state index contributed by atoms with van der Waals surface area (Å²) in [6, 6.07) is 48.6. The summed E-state index contributed by atoms with van der Waals surface area (Å²) < 4.78 is 7.11. The van der Waals surface area contributed by atoms with Crippen molar-refractivity contribution in [3.63, 3.8) is 0 Å². The Bertz CT molecular complexity index is 4050. The van der Waals surface area contributed by atoms with E-state index in [4.69, 9.17) is 4.42 Å². The minimum absolute atomic E-state index is 1.01. The number of furan rings is 1. The first-order valence-electron chi connectivity index (χ1n) is 22.8. The molecule has 288 valence electrons. The van der Waals surface area contributed by atoms with Crippen LogP contribution >= 0.6 is 0 Å². The van der Waals surface area contributed by atoms with Gasteiger partial charge in [0.25, 0.3) is 0 Å². The van der Waals surface area contributed by atoms with Crippen LogP contribution in [0.1, 0.15) is 0 Å². The van der Waals surface area contributed by atoms with E-state index in [0.717, 1.165) is 11.2 Å². The molecule has 13 rings (SSSR count). The smallest absolute Gasteiger partial charge is 0.143 e. The van der Waals surface area contributed by atoms with Gasteiger partial charge in [-0.3, -0.25) is 0 Å². The molecule has 0 atom stereocenters. The largest absolute Gasteiger partial charge is 0.457 e. The third kappa shape index (κ3) is 4.87. The fourth-order valence-electron chi connectivity index (χ4n) is 12.3. The van der Waals surface area contributed by atoms with Crippen molar-refractivity contribution in [1.82, 2.24) is 0 Å². The molecule has 0 saturated heterocycles. The molecule has 0 radical (unpaired) electrons. The highest BCUT2D eigenvalue weighted by Gasteiger charge is 2.26. The first kappa shape index (κ1) is 37.9. The van der Waals surface area contributed by atoms with Crippen LogP contribution in [0.2, 0.25) is 0 Å². The van der Waals surface area contributed by atoms with E-state index in [0.29, 0.717) is 0 Å². The molecule has 0 aliphatic heterocycles. The van der Waals surface area contributed by atoms with Crippen LogP contribution in [0.15, 0.2) is 132 Å². The lowest BCUT2D eigenvalue weighted by Gasteiger charge is -2.21. The van der Waals surface area contributed by atoms with Crippen LogP contribution in [0.3, 0.4) is 0 Å². The molecule has 13 aromatic rings. The summed E-state index contributed by atoms with van der Waals surface area (Å²) in [6.45, 7) is 0. The minimum Gasteiger partial charge on any atom is -0.457 e. The molecule has 0 aliphatic rings. The van der Waals surface area contributed by atoms with Gasteiger partial charge >= 0.3 is 0 Å². The van der Waals surface area contributed by atoms with Crippen LogP contribution < -0.4 is 49.2 Å². The van der Waals surface area contributed by atoms with E-state index in [1.807, 2.05) is 0 Å². The van der Waals surface area contributed by atoms with Crippen molar-refractivity contribution >= 4 is 217 Å². The van der Waals surface area contributed by atoms with E-state index >= 15 is 0 Å². The summed E-state index contributed by atoms with van der Waals surface area (Å²) >= 11 is 0. The topological polar surface area (TPSA) is 13.1 Å². The van der Waals surface area contributed by atoms with Crippen molar-refractivity contribution < 1.29 is 4.42 Å². The monoisotopic (exact) mass is 802 g/mol. The van der Waals surface area contributed by atoms with Gasteiger partial charge in [0.05, 0.1) is 0 Å². The maximum atomic E-state index is 7.11. The van der Waals surface area contributed by atoms with Crippen molar-refractivity contribution in [1.29, 1.82) is 0 Å². The Balaban J connectivity index is 1.17. The third-order valence-electron chi connectivity index (χ3n) is 16.1. The molecule has 0 spiro atoms. The lowest BCUT2D eigenvalue weighted by molar-refractivity contribution is 0.675. The van der Waals surface area contributed by atoms with Crippen molar-refractivity contribution in [2.24, 2.45) is 0 Å². The van der Waals surface area contributed by atoms with Gasteiger partial charge in [0.2, 0.25) is 0 Å². The molecule has 10 heteroatoms. The zero-order valence-electron chi connectivity index (χ0n) is 38.0. The summed E-state index contributed by atoms with van der Waals surface area (Å²) in [7, 11) is 20.7. The Kier molecular flexibility index (Phi) is 7.82. The molecule has 1 aromatic heterocycles. The molecule has 0 N–H and O–H groups in total. The quantitative estimate of drug-likeness (QED) is 0.180. The lowest BCUT2D eigenvalue weighted by atomic mass is 9.61. The second-order valence-electron chi connectivity index (χ2n) is 19.0. The molecule has 0 fully saturated rings. The second kappa shape index (κ2) is 13.2. The first-order chi connectivity index (χ1) is 31.0. The molecule has 0 aliphatic carbocycles. The zero-order valence-corrected chi connectivity index (χ0v) is 38.0. The lowest BCUT2D eigenvalue weighted by Crippen LogP contribution is -2.50. The molecule has 0 unspecified atom stereocenters. The van der Waals surface area contributed by atoms with Crippen molar-refractivity contribution in [3.8, 4) is 33.4 Å². The fraction of sp³-hybridized carbons (Fsp3) is 0. The highest BCUT2D eigenvalue weighted by atomic mass is 16.3. The third-order valence-corrected chi connectivity index (χ3v) is 16.1. The molecule has 0 saturated carbocycles. The van der Waals surface area contributed by atoms with E-state index in [-0.39, 0.29) is 0 Å². The molecule has 1 nitrogen and oxygen atoms in total. The minimum atomic E-state index is 1.01. The summed E-state index contributed by atoms with van der Waals surface area (Å²) in [5.41, 5.74) is 21.2. The Hall–Kier alpha value is -6.64. The van der Waals surface area contributed by atoms with Gasteiger partial charge in [0, 0.05) is 10.8 Å². The number of hydrogen-bond donors (Lipinski definition) is 0. The Morgan fingerprint density at radius 1 is 0.266 bits per heavy atom. The van der Waals surface area contributed by atoms with E-state index in [1.165, 1.54) is 169 Å². The van der Waals surface area contributed by atoms with Crippen molar-refractivity contribution in [2.75, 3.05) is 0 Å². The zero-order chi connectivity index (χ0) is 43.6. The van der Waals surface area contributed by atoms with E-state index < -0.39 is 0 Å². The van der Waals surface area contributed by atoms with Gasteiger partial charge in [-0.25, -0.2) is 0 Å². The highest BCUT2D eigenvalue weighted by Crippen LogP contribution is 2.44. The number of fused-ring (bicyclic) bond motifs is 5. The molecule has 64 heavy (non-hydrogen) atoms. The van der Waals surface area contributed by atoms with Crippen molar-refractivity contribution in [3.05, 3.63) is 127 Å². The molecular weight excluding hydrogens is 762 g/mol. The summed E-state index contributed by atoms with van der Waals surface area (Å²) in [4.78, 5) is 0. The predicted octanol–water partition coefficient (Wildman–Crippen LogP) is -0.139. The molecule has 0 bridgehead atoms. The van der Waals surface area contributed by atoms with Crippen LogP contribution in [-0.4, -0.2) is 70.6 Å². The average molecular weight is 801 g/mol. The normalized spacial score (nSPS) is 12.3. The van der Waals surface area contributed by atoms with Gasteiger partial charge in [-0.2, -0.15) is 0 Å². The van der Waals surface area contributed by atoms with Crippen LogP contribution in [0.5, 0.6) is 0 Å². The molecule has 1 heterocycles. The van der Waals surface area contributed by atoms with Crippen LogP contribution in [0.4, 0.5) is 0 Å². The van der Waals surface area contributed by atoms with Crippen LogP contribution in [-0.2, 0) is 0 Å². The summed E-state index contributed by atoms with van der Waals surface area (Å²) in [5, 5.41) is 20.8. The maximum absolute atomic E-state index is 7.11. The van der Waals surface area contributed by atoms with Gasteiger partial charge < -0.3 is 4.42 Å². The van der Waals surface area contributed by atoms with Crippen molar-refractivity contribution in [2.45, 2.75) is 0 Å². The second-order valence-corrected chi connectivity index (χ2v) is 19.0. The van der Waals surface area contributed by atoms with Crippen LogP contribution in [0.25, 0.3) is 131 Å². The summed E-state index contributed by atoms with van der Waals surface area (Å²) in [6.07, 6.45) is 0. The number of benzene rings is 12. The van der Waals surface area contributed by atoms with Gasteiger partial charge in [-0.15, -0.1) is 10.9 Å². The summed E-state index contributed by atoms with van der Waals surface area (Å²) in [5.74, 6) is 0. The SMILES string of the molecule is Bc1c(-c2cc(-c3ccc4ccc5cccc6ccc3c4c56)cc(-c3ccc4ccc5cccc6ccc3c4c56)c2)c(B)c2c(oc3c(B)c(B)c4c(B)c(B)c(B)c(B)c4c32)c1B. The number of hydrogen-bond acceptors (Lipinski definition) is 1. The molecular formula is C54H39B9O. The highest BCUT2D eigenvalue weighted by molar-refractivity contribution is 6.72. The molecule has 0 amide bonds. The van der Waals surface area contributed by atoms with E-state index in [1.54, 1.807) is 0 Å². The maximum Gasteiger partial charge on any atom is 0.143 e. The Morgan fingerprint density at radius 3 is 1.17 bits per heavy atom. The van der Waals surface area contributed by atoms with Gasteiger partial charge in [0.15, 0.2) is 0 Å². The van der Waals surface area contributed by atoms with Gasteiger partial charge in [-0.05, 0) is 127 Å². The van der Waals surface area contributed by atoms with Gasteiger partial charge in [-0.1, -0.05) is 147 Å². The molecule has 12 aromatic carbocycles. The average Bonchev–Trinajstić information content (AvgIpc) is 3.73.